The third-order valence-electron chi connectivity index (χ3n) is 2.03. The Hall–Kier alpha value is -2.39. The fourth-order valence-corrected chi connectivity index (χ4v) is 1.36. The van der Waals surface area contributed by atoms with Crippen LogP contribution in [-0.2, 0) is 11.2 Å². The van der Waals surface area contributed by atoms with E-state index >= 15 is 0 Å². The molecule has 0 aliphatic heterocycles. The van der Waals surface area contributed by atoms with E-state index in [0.717, 1.165) is 6.92 Å². The molecule has 1 rings (SSSR count). The first-order valence-corrected chi connectivity index (χ1v) is 4.72. The molecule has 0 aromatic carbocycles. The molecule has 0 unspecified atom stereocenters. The molecule has 1 aromatic heterocycles. The van der Waals surface area contributed by atoms with Gasteiger partial charge in [-0.15, -0.1) is 13.2 Å². The van der Waals surface area contributed by atoms with E-state index in [-0.39, 0.29) is 5.69 Å². The van der Waals surface area contributed by atoms with Crippen molar-refractivity contribution < 1.29 is 32.7 Å². The van der Waals surface area contributed by atoms with Gasteiger partial charge in [0.05, 0.1) is 22.6 Å². The number of ether oxygens (including phenoxy) is 1. The quantitative estimate of drug-likeness (QED) is 0.666. The average molecular weight is 280 g/mol. The molecule has 0 radical (unpaired) electrons. The monoisotopic (exact) mass is 280 g/mol. The van der Waals surface area contributed by atoms with E-state index in [2.05, 4.69) is 9.72 Å². The third-order valence-corrected chi connectivity index (χ3v) is 2.03. The van der Waals surface area contributed by atoms with Gasteiger partial charge in [-0.1, -0.05) is 0 Å². The number of nitro groups is 1. The normalized spacial score (nSPS) is 11.2. The van der Waals surface area contributed by atoms with Crippen LogP contribution in [0.15, 0.2) is 6.20 Å². The topological polar surface area (TPSA) is 103 Å². The number of carboxylic acid groups (broad SMARTS) is 1. The highest BCUT2D eigenvalue weighted by molar-refractivity contribution is 5.73. The Balaban J connectivity index is 3.43. The molecule has 0 fully saturated rings. The molecule has 0 spiro atoms. The molecule has 104 valence electrons. The summed E-state index contributed by atoms with van der Waals surface area (Å²) < 4.78 is 40.2. The minimum atomic E-state index is -5.10. The number of aryl methyl sites for hydroxylation is 1. The van der Waals surface area contributed by atoms with Crippen molar-refractivity contribution in [3.8, 4) is 5.75 Å². The Morgan fingerprint density at radius 2 is 2.16 bits per heavy atom. The first-order valence-electron chi connectivity index (χ1n) is 4.72. The molecule has 0 amide bonds. The van der Waals surface area contributed by atoms with Gasteiger partial charge in [0.25, 0.3) is 5.69 Å². The van der Waals surface area contributed by atoms with E-state index in [1.807, 2.05) is 0 Å². The van der Waals surface area contributed by atoms with Crippen LogP contribution in [0.25, 0.3) is 0 Å². The minimum Gasteiger partial charge on any atom is -0.481 e. The fourth-order valence-electron chi connectivity index (χ4n) is 1.36. The van der Waals surface area contributed by atoms with Crippen LogP contribution in [-0.4, -0.2) is 27.3 Å². The number of carbonyl (C=O) groups is 1. The number of pyridine rings is 1. The second kappa shape index (κ2) is 5.08. The Morgan fingerprint density at radius 1 is 1.58 bits per heavy atom. The van der Waals surface area contributed by atoms with Crippen molar-refractivity contribution in [3.63, 3.8) is 0 Å². The van der Waals surface area contributed by atoms with Gasteiger partial charge in [-0.05, 0) is 6.92 Å². The standard InChI is InChI=1S/C9H7F3N2O5/c1-4-8(19-9(10,11)12)5(2-7(15)16)6(3-13-4)14(17)18/h3H,2H2,1H3,(H,15,16). The Kier molecular flexibility index (Phi) is 3.92. The first kappa shape index (κ1) is 14.7. The SMILES string of the molecule is Cc1ncc([N+](=O)[O-])c(CC(=O)O)c1OC(F)(F)F. The number of halogens is 3. The molecule has 10 heteroatoms. The summed E-state index contributed by atoms with van der Waals surface area (Å²) in [6, 6.07) is 0. The predicted molar refractivity (Wildman–Crippen MR) is 53.7 cm³/mol. The number of hydrogen-bond acceptors (Lipinski definition) is 5. The lowest BCUT2D eigenvalue weighted by molar-refractivity contribution is -0.386. The molecule has 7 nitrogen and oxygen atoms in total. The lowest BCUT2D eigenvalue weighted by Gasteiger charge is -2.14. The van der Waals surface area contributed by atoms with Crippen LogP contribution in [0.4, 0.5) is 18.9 Å². The molecule has 19 heavy (non-hydrogen) atoms. The van der Waals surface area contributed by atoms with E-state index in [4.69, 9.17) is 5.11 Å². The van der Waals surface area contributed by atoms with Crippen LogP contribution in [0.3, 0.4) is 0 Å². The van der Waals surface area contributed by atoms with Crippen LogP contribution < -0.4 is 4.74 Å². The zero-order valence-electron chi connectivity index (χ0n) is 9.39. The lowest BCUT2D eigenvalue weighted by Crippen LogP contribution is -2.20. The summed E-state index contributed by atoms with van der Waals surface area (Å²) >= 11 is 0. The van der Waals surface area contributed by atoms with Crippen molar-refractivity contribution in [3.05, 3.63) is 27.6 Å². The third kappa shape index (κ3) is 3.79. The average Bonchev–Trinajstić information content (AvgIpc) is 2.20. The molecule has 0 saturated heterocycles. The Labute approximate surface area is 103 Å². The van der Waals surface area contributed by atoms with Crippen LogP contribution >= 0.6 is 0 Å². The van der Waals surface area contributed by atoms with E-state index in [9.17, 15) is 28.1 Å². The van der Waals surface area contributed by atoms with E-state index < -0.39 is 40.7 Å². The van der Waals surface area contributed by atoms with Gasteiger partial charge in [0.15, 0.2) is 5.75 Å². The van der Waals surface area contributed by atoms with Crippen molar-refractivity contribution in [1.29, 1.82) is 0 Å². The highest BCUT2D eigenvalue weighted by Gasteiger charge is 2.35. The van der Waals surface area contributed by atoms with Gasteiger partial charge >= 0.3 is 12.3 Å². The number of nitrogens with zero attached hydrogens (tertiary/aromatic N) is 2. The van der Waals surface area contributed by atoms with Crippen molar-refractivity contribution in [2.45, 2.75) is 19.7 Å². The maximum atomic E-state index is 12.2. The maximum absolute atomic E-state index is 12.2. The van der Waals surface area contributed by atoms with Crippen molar-refractivity contribution in [2.24, 2.45) is 0 Å². The van der Waals surface area contributed by atoms with Gasteiger partial charge < -0.3 is 9.84 Å². The number of rotatable bonds is 4. The Morgan fingerprint density at radius 3 is 2.58 bits per heavy atom. The number of alkyl halides is 3. The van der Waals surface area contributed by atoms with Gasteiger partial charge in [-0.3, -0.25) is 19.9 Å². The zero-order chi connectivity index (χ0) is 14.8. The molecule has 0 aliphatic carbocycles. The van der Waals surface area contributed by atoms with Crippen LogP contribution in [0.1, 0.15) is 11.3 Å². The first-order chi connectivity index (χ1) is 8.61. The van der Waals surface area contributed by atoms with Crippen molar-refractivity contribution >= 4 is 11.7 Å². The summed E-state index contributed by atoms with van der Waals surface area (Å²) in [6.07, 6.45) is -5.39. The lowest BCUT2D eigenvalue weighted by atomic mass is 10.1. The second-order valence-corrected chi connectivity index (χ2v) is 3.41. The molecule has 0 saturated carbocycles. The van der Waals surface area contributed by atoms with E-state index in [1.54, 1.807) is 0 Å². The number of aliphatic carboxylic acids is 1. The van der Waals surface area contributed by atoms with Gasteiger partial charge in [-0.2, -0.15) is 0 Å². The van der Waals surface area contributed by atoms with Crippen molar-refractivity contribution in [2.75, 3.05) is 0 Å². The van der Waals surface area contributed by atoms with Crippen LogP contribution in [0, 0.1) is 17.0 Å². The van der Waals surface area contributed by atoms with Crippen LogP contribution in [0.2, 0.25) is 0 Å². The number of aromatic nitrogens is 1. The summed E-state index contributed by atoms with van der Waals surface area (Å²) in [4.78, 5) is 23.6. The van der Waals surface area contributed by atoms with E-state index in [0.29, 0.717) is 6.20 Å². The summed E-state index contributed by atoms with van der Waals surface area (Å²) in [6.45, 7) is 1.12. The molecule has 0 bridgehead atoms. The van der Waals surface area contributed by atoms with Gasteiger partial charge in [0.2, 0.25) is 0 Å². The van der Waals surface area contributed by atoms with Gasteiger partial charge in [0.1, 0.15) is 6.20 Å². The molecule has 1 heterocycles. The summed E-state index contributed by atoms with van der Waals surface area (Å²) in [5.74, 6) is -2.48. The predicted octanol–water partition coefficient (Wildman–Crippen LogP) is 1.82. The smallest absolute Gasteiger partial charge is 0.481 e. The molecular formula is C9H7F3N2O5. The highest BCUT2D eigenvalue weighted by Crippen LogP contribution is 2.34. The van der Waals surface area contributed by atoms with Gasteiger partial charge in [-0.25, -0.2) is 0 Å². The second-order valence-electron chi connectivity index (χ2n) is 3.41. The molecule has 0 atom stereocenters. The number of carboxylic acids is 1. The fraction of sp³-hybridized carbons (Fsp3) is 0.333. The zero-order valence-corrected chi connectivity index (χ0v) is 9.39. The Bertz CT molecular complexity index is 529. The largest absolute Gasteiger partial charge is 0.573 e. The van der Waals surface area contributed by atoms with E-state index in [1.165, 1.54) is 0 Å². The van der Waals surface area contributed by atoms with Crippen molar-refractivity contribution in [1.82, 2.24) is 4.98 Å². The summed E-state index contributed by atoms with van der Waals surface area (Å²) in [7, 11) is 0. The molecular weight excluding hydrogens is 273 g/mol. The summed E-state index contributed by atoms with van der Waals surface area (Å²) in [5, 5.41) is 19.3. The molecule has 0 aliphatic rings. The van der Waals surface area contributed by atoms with Crippen LogP contribution in [0.5, 0.6) is 5.75 Å². The number of hydrogen-bond donors (Lipinski definition) is 1. The maximum Gasteiger partial charge on any atom is 0.573 e. The summed E-state index contributed by atoms with van der Waals surface area (Å²) in [5.41, 5.74) is -1.81. The molecule has 1 N–H and O–H groups in total. The van der Waals surface area contributed by atoms with Gasteiger partial charge in [0, 0.05) is 0 Å². The highest BCUT2D eigenvalue weighted by atomic mass is 19.4. The molecule has 1 aromatic rings. The minimum absolute atomic E-state index is 0.292.